The predicted molar refractivity (Wildman–Crippen MR) is 57.2 cm³/mol. The van der Waals surface area contributed by atoms with Gasteiger partial charge in [0.05, 0.1) is 0 Å². The Kier molecular flexibility index (Phi) is 2.91. The molecule has 14 heavy (non-hydrogen) atoms. The second-order valence-electron chi connectivity index (χ2n) is 5.21. The quantitative estimate of drug-likeness (QED) is 0.687. The molecule has 0 radical (unpaired) electrons. The van der Waals surface area contributed by atoms with Crippen LogP contribution in [0.4, 0.5) is 0 Å². The monoisotopic (exact) mass is 195 g/mol. The smallest absolute Gasteiger partial charge is 0.137 e. The Morgan fingerprint density at radius 1 is 1.36 bits per heavy atom. The van der Waals surface area contributed by atoms with Crippen LogP contribution in [-0.4, -0.2) is 30.3 Å². The van der Waals surface area contributed by atoms with Crippen LogP contribution in [0.25, 0.3) is 0 Å². The lowest BCUT2D eigenvalue weighted by Gasteiger charge is -2.29. The van der Waals surface area contributed by atoms with E-state index in [4.69, 9.17) is 0 Å². The van der Waals surface area contributed by atoms with Crippen molar-refractivity contribution >= 4 is 5.78 Å². The van der Waals surface area contributed by atoms with Crippen molar-refractivity contribution in [3.05, 3.63) is 0 Å². The molecular weight excluding hydrogens is 174 g/mol. The minimum absolute atomic E-state index is 0.337. The average molecular weight is 195 g/mol. The van der Waals surface area contributed by atoms with Gasteiger partial charge in [-0.3, -0.25) is 4.79 Å². The van der Waals surface area contributed by atoms with Crippen LogP contribution in [0.5, 0.6) is 0 Å². The molecule has 2 aliphatic carbocycles. The standard InChI is InChI=1S/C12H21NO/c1-9-3-6-12(14)10(7-9)8-13(2)11-4-5-11/h9-11H,3-8H2,1-2H3. The van der Waals surface area contributed by atoms with Crippen molar-refractivity contribution in [1.29, 1.82) is 0 Å². The summed E-state index contributed by atoms with van der Waals surface area (Å²) >= 11 is 0. The third-order valence-corrected chi connectivity index (χ3v) is 3.70. The first-order chi connectivity index (χ1) is 6.66. The van der Waals surface area contributed by atoms with E-state index in [1.54, 1.807) is 0 Å². The van der Waals surface area contributed by atoms with Gasteiger partial charge >= 0.3 is 0 Å². The van der Waals surface area contributed by atoms with Crippen molar-refractivity contribution in [2.75, 3.05) is 13.6 Å². The molecule has 2 heteroatoms. The Morgan fingerprint density at radius 2 is 2.07 bits per heavy atom. The number of hydrogen-bond donors (Lipinski definition) is 0. The maximum atomic E-state index is 11.7. The number of nitrogens with zero attached hydrogens (tertiary/aromatic N) is 1. The molecule has 2 nitrogen and oxygen atoms in total. The predicted octanol–water partition coefficient (Wildman–Crippen LogP) is 2.09. The lowest BCUT2D eigenvalue weighted by molar-refractivity contribution is -0.126. The number of carbonyl (C=O) groups excluding carboxylic acids is 1. The molecule has 0 aromatic rings. The van der Waals surface area contributed by atoms with E-state index in [9.17, 15) is 4.79 Å². The van der Waals surface area contributed by atoms with Crippen molar-refractivity contribution in [2.45, 2.75) is 45.1 Å². The molecule has 0 heterocycles. The Bertz CT molecular complexity index is 222. The Hall–Kier alpha value is -0.370. The van der Waals surface area contributed by atoms with Gasteiger partial charge in [0.25, 0.3) is 0 Å². The molecule has 2 unspecified atom stereocenters. The number of hydrogen-bond acceptors (Lipinski definition) is 2. The molecular formula is C12H21NO. The van der Waals surface area contributed by atoms with E-state index in [-0.39, 0.29) is 0 Å². The topological polar surface area (TPSA) is 20.3 Å². The van der Waals surface area contributed by atoms with Gasteiger partial charge in [-0.15, -0.1) is 0 Å². The molecule has 0 aromatic heterocycles. The minimum Gasteiger partial charge on any atom is -0.303 e. The molecule has 0 N–H and O–H groups in total. The van der Waals surface area contributed by atoms with Crippen LogP contribution in [0, 0.1) is 11.8 Å². The van der Waals surface area contributed by atoms with Gasteiger partial charge in [-0.2, -0.15) is 0 Å². The van der Waals surface area contributed by atoms with E-state index < -0.39 is 0 Å². The van der Waals surface area contributed by atoms with Crippen LogP contribution < -0.4 is 0 Å². The summed E-state index contributed by atoms with van der Waals surface area (Å²) in [5, 5.41) is 0. The normalized spacial score (nSPS) is 33.8. The molecule has 0 spiro atoms. The van der Waals surface area contributed by atoms with Crippen molar-refractivity contribution in [1.82, 2.24) is 4.90 Å². The summed E-state index contributed by atoms with van der Waals surface area (Å²) in [4.78, 5) is 14.1. The zero-order valence-corrected chi connectivity index (χ0v) is 9.33. The summed E-state index contributed by atoms with van der Waals surface area (Å²) in [6.07, 6.45) is 5.74. The van der Waals surface area contributed by atoms with E-state index in [0.29, 0.717) is 11.7 Å². The van der Waals surface area contributed by atoms with Crippen LogP contribution in [0.3, 0.4) is 0 Å². The van der Waals surface area contributed by atoms with Crippen LogP contribution in [-0.2, 0) is 4.79 Å². The van der Waals surface area contributed by atoms with Gasteiger partial charge < -0.3 is 4.90 Å². The van der Waals surface area contributed by atoms with Gasteiger partial charge in [0.2, 0.25) is 0 Å². The highest BCUT2D eigenvalue weighted by molar-refractivity contribution is 5.81. The van der Waals surface area contributed by atoms with E-state index in [1.807, 2.05) is 0 Å². The minimum atomic E-state index is 0.337. The molecule has 0 aromatic carbocycles. The summed E-state index contributed by atoms with van der Waals surface area (Å²) in [6.45, 7) is 3.28. The molecule has 0 aliphatic heterocycles. The fraction of sp³-hybridized carbons (Fsp3) is 0.917. The van der Waals surface area contributed by atoms with Gasteiger partial charge in [-0.25, -0.2) is 0 Å². The maximum absolute atomic E-state index is 11.7. The third-order valence-electron chi connectivity index (χ3n) is 3.70. The van der Waals surface area contributed by atoms with E-state index in [2.05, 4.69) is 18.9 Å². The molecule has 2 saturated carbocycles. The summed E-state index contributed by atoms with van der Waals surface area (Å²) in [5.41, 5.74) is 0. The van der Waals surface area contributed by atoms with Crippen molar-refractivity contribution < 1.29 is 4.79 Å². The Labute approximate surface area is 86.7 Å². The number of rotatable bonds is 3. The average Bonchev–Trinajstić information content (AvgIpc) is 2.94. The van der Waals surface area contributed by atoms with Crippen LogP contribution in [0.15, 0.2) is 0 Å². The number of carbonyl (C=O) groups is 1. The molecule has 0 saturated heterocycles. The molecule has 2 fully saturated rings. The third kappa shape index (κ3) is 2.35. The highest BCUT2D eigenvalue weighted by Gasteiger charge is 2.32. The zero-order valence-electron chi connectivity index (χ0n) is 9.33. The summed E-state index contributed by atoms with van der Waals surface area (Å²) < 4.78 is 0. The van der Waals surface area contributed by atoms with Gasteiger partial charge in [-0.05, 0) is 38.6 Å². The summed E-state index contributed by atoms with van der Waals surface area (Å²) in [7, 11) is 2.17. The van der Waals surface area contributed by atoms with Gasteiger partial charge in [0, 0.05) is 24.9 Å². The van der Waals surface area contributed by atoms with Gasteiger partial charge in [0.1, 0.15) is 5.78 Å². The fourth-order valence-electron chi connectivity index (χ4n) is 2.52. The summed E-state index contributed by atoms with van der Waals surface area (Å²) in [5.74, 6) is 1.60. The first kappa shape index (κ1) is 10.2. The number of Topliss-reactive ketones (excluding diaryl/α,β-unsaturated/α-hetero) is 1. The lowest BCUT2D eigenvalue weighted by Crippen LogP contribution is -2.35. The molecule has 2 rings (SSSR count). The van der Waals surface area contributed by atoms with Crippen LogP contribution >= 0.6 is 0 Å². The van der Waals surface area contributed by atoms with E-state index in [1.165, 1.54) is 12.8 Å². The Balaban J connectivity index is 1.84. The molecule has 80 valence electrons. The van der Waals surface area contributed by atoms with E-state index in [0.717, 1.165) is 37.8 Å². The number of ketones is 1. The van der Waals surface area contributed by atoms with Crippen LogP contribution in [0.1, 0.15) is 39.0 Å². The molecule has 0 amide bonds. The van der Waals surface area contributed by atoms with E-state index >= 15 is 0 Å². The van der Waals surface area contributed by atoms with Gasteiger partial charge in [0.15, 0.2) is 0 Å². The molecule has 0 bridgehead atoms. The SMILES string of the molecule is CC1CCC(=O)C(CN(C)C2CC2)C1. The first-order valence-electron chi connectivity index (χ1n) is 5.89. The maximum Gasteiger partial charge on any atom is 0.137 e. The van der Waals surface area contributed by atoms with Crippen molar-refractivity contribution in [3.63, 3.8) is 0 Å². The molecule has 2 atom stereocenters. The highest BCUT2D eigenvalue weighted by Crippen LogP contribution is 2.30. The Morgan fingerprint density at radius 3 is 2.71 bits per heavy atom. The van der Waals surface area contributed by atoms with Crippen molar-refractivity contribution in [3.8, 4) is 0 Å². The first-order valence-corrected chi connectivity index (χ1v) is 5.89. The van der Waals surface area contributed by atoms with Crippen LogP contribution in [0.2, 0.25) is 0 Å². The lowest BCUT2D eigenvalue weighted by atomic mass is 9.81. The molecule has 2 aliphatic rings. The van der Waals surface area contributed by atoms with Crippen molar-refractivity contribution in [2.24, 2.45) is 11.8 Å². The summed E-state index contributed by atoms with van der Waals surface area (Å²) in [6, 6.07) is 0.792. The second kappa shape index (κ2) is 4.01. The highest BCUT2D eigenvalue weighted by atomic mass is 16.1. The fourth-order valence-corrected chi connectivity index (χ4v) is 2.52. The largest absolute Gasteiger partial charge is 0.303 e. The zero-order chi connectivity index (χ0) is 10.1. The second-order valence-corrected chi connectivity index (χ2v) is 5.21. The van der Waals surface area contributed by atoms with Gasteiger partial charge in [-0.1, -0.05) is 6.92 Å².